The first-order valence-electron chi connectivity index (χ1n) is 9.00. The number of carbonyl (C=O) groups is 1. The Kier molecular flexibility index (Phi) is 7.57. The smallest absolute Gasteiger partial charge is 0.309 e. The van der Waals surface area contributed by atoms with E-state index >= 15 is 0 Å². The van der Waals surface area contributed by atoms with Crippen molar-refractivity contribution in [1.29, 1.82) is 0 Å². The number of hydrogen-bond acceptors (Lipinski definition) is 4. The Bertz CT molecular complexity index is 564. The Morgan fingerprint density at radius 3 is 2.48 bits per heavy atom. The van der Waals surface area contributed by atoms with Crippen molar-refractivity contribution in [2.75, 3.05) is 33.4 Å². The van der Waals surface area contributed by atoms with E-state index in [1.165, 1.54) is 0 Å². The van der Waals surface area contributed by atoms with Gasteiger partial charge in [0.15, 0.2) is 5.96 Å². The number of hydrogen-bond donors (Lipinski definition) is 1. The van der Waals surface area contributed by atoms with Gasteiger partial charge in [-0.05, 0) is 44.4 Å². The minimum atomic E-state index is -0.0673. The molecule has 0 aromatic heterocycles. The maximum absolute atomic E-state index is 11.9. The zero-order valence-corrected chi connectivity index (χ0v) is 15.5. The number of nitrogens with zero attached hydrogens (tertiary/aromatic N) is 2. The van der Waals surface area contributed by atoms with Crippen molar-refractivity contribution in [1.82, 2.24) is 10.2 Å². The van der Waals surface area contributed by atoms with E-state index in [-0.39, 0.29) is 11.9 Å². The highest BCUT2D eigenvalue weighted by Gasteiger charge is 2.27. The van der Waals surface area contributed by atoms with Crippen LogP contribution in [0.3, 0.4) is 0 Å². The number of likely N-dealkylation sites (tertiary alicyclic amines) is 1. The highest BCUT2D eigenvalue weighted by Crippen LogP contribution is 2.19. The van der Waals surface area contributed by atoms with Crippen LogP contribution in [0.4, 0.5) is 0 Å². The molecule has 138 valence electrons. The Hall–Kier alpha value is -2.24. The lowest BCUT2D eigenvalue weighted by Gasteiger charge is -2.33. The third-order valence-electron chi connectivity index (χ3n) is 4.32. The van der Waals surface area contributed by atoms with E-state index in [9.17, 15) is 4.79 Å². The molecule has 0 atom stereocenters. The fraction of sp³-hybridized carbons (Fsp3) is 0.579. The molecule has 6 nitrogen and oxygen atoms in total. The maximum atomic E-state index is 11.9. The van der Waals surface area contributed by atoms with Crippen LogP contribution < -0.4 is 10.1 Å². The van der Waals surface area contributed by atoms with E-state index in [1.54, 1.807) is 7.11 Å². The molecule has 1 aromatic rings. The van der Waals surface area contributed by atoms with E-state index < -0.39 is 0 Å². The molecule has 25 heavy (non-hydrogen) atoms. The number of aliphatic imine (C=N–C) groups is 1. The number of methoxy groups -OCH3 is 1. The average molecular weight is 347 g/mol. The standard InChI is InChI=1S/C19H29N3O3/c1-4-20-19(21-14-15-6-8-17(24-3)9-7-15)22-12-10-16(11-13-22)18(23)25-5-2/h6-9,16H,4-5,10-14H2,1-3H3,(H,20,21). The number of esters is 1. The van der Waals surface area contributed by atoms with Crippen molar-refractivity contribution in [2.45, 2.75) is 33.2 Å². The quantitative estimate of drug-likeness (QED) is 0.486. The average Bonchev–Trinajstić information content (AvgIpc) is 2.66. The lowest BCUT2D eigenvalue weighted by Crippen LogP contribution is -2.46. The summed E-state index contributed by atoms with van der Waals surface area (Å²) in [5, 5.41) is 3.35. The molecular weight excluding hydrogens is 318 g/mol. The van der Waals surface area contributed by atoms with Gasteiger partial charge in [-0.25, -0.2) is 4.99 Å². The third kappa shape index (κ3) is 5.66. The zero-order valence-electron chi connectivity index (χ0n) is 15.5. The molecule has 0 radical (unpaired) electrons. The van der Waals surface area contributed by atoms with Crippen LogP contribution in [-0.4, -0.2) is 50.2 Å². The van der Waals surface area contributed by atoms with Crippen molar-refractivity contribution in [3.63, 3.8) is 0 Å². The SMILES string of the molecule is CCNC(=NCc1ccc(OC)cc1)N1CCC(C(=O)OCC)CC1. The van der Waals surface area contributed by atoms with Gasteiger partial charge in [-0.3, -0.25) is 4.79 Å². The molecule has 0 spiro atoms. The van der Waals surface area contributed by atoms with Crippen LogP contribution in [0.5, 0.6) is 5.75 Å². The molecule has 6 heteroatoms. The van der Waals surface area contributed by atoms with Gasteiger partial charge in [-0.2, -0.15) is 0 Å². The Morgan fingerprint density at radius 2 is 1.92 bits per heavy atom. The number of guanidine groups is 1. The molecular formula is C19H29N3O3. The highest BCUT2D eigenvalue weighted by atomic mass is 16.5. The predicted molar refractivity (Wildman–Crippen MR) is 98.7 cm³/mol. The molecule has 2 rings (SSSR count). The summed E-state index contributed by atoms with van der Waals surface area (Å²) in [5.41, 5.74) is 1.14. The summed E-state index contributed by atoms with van der Waals surface area (Å²) >= 11 is 0. The number of carbonyl (C=O) groups excluding carboxylic acids is 1. The van der Waals surface area contributed by atoms with Crippen LogP contribution >= 0.6 is 0 Å². The largest absolute Gasteiger partial charge is 0.497 e. The van der Waals surface area contributed by atoms with Gasteiger partial charge in [0, 0.05) is 19.6 Å². The summed E-state index contributed by atoms with van der Waals surface area (Å²) in [4.78, 5) is 18.8. The third-order valence-corrected chi connectivity index (χ3v) is 4.32. The molecule has 1 heterocycles. The second kappa shape index (κ2) is 9.91. The van der Waals surface area contributed by atoms with Gasteiger partial charge in [0.25, 0.3) is 0 Å². The van der Waals surface area contributed by atoms with Crippen molar-refractivity contribution in [3.05, 3.63) is 29.8 Å². The molecule has 0 saturated carbocycles. The fourth-order valence-corrected chi connectivity index (χ4v) is 2.91. The molecule has 1 aromatic carbocycles. The zero-order chi connectivity index (χ0) is 18.1. The second-order valence-corrected chi connectivity index (χ2v) is 6.03. The monoisotopic (exact) mass is 347 g/mol. The van der Waals surface area contributed by atoms with Gasteiger partial charge < -0.3 is 19.7 Å². The molecule has 1 N–H and O–H groups in total. The lowest BCUT2D eigenvalue weighted by molar-refractivity contribution is -0.149. The first-order valence-corrected chi connectivity index (χ1v) is 9.00. The van der Waals surface area contributed by atoms with Gasteiger partial charge in [-0.15, -0.1) is 0 Å². The van der Waals surface area contributed by atoms with Crippen LogP contribution in [0.1, 0.15) is 32.3 Å². The van der Waals surface area contributed by atoms with Crippen LogP contribution in [0.15, 0.2) is 29.3 Å². The second-order valence-electron chi connectivity index (χ2n) is 6.03. The summed E-state index contributed by atoms with van der Waals surface area (Å²) in [6.45, 7) is 7.43. The predicted octanol–water partition coefficient (Wildman–Crippen LogP) is 2.44. The van der Waals surface area contributed by atoms with Gasteiger partial charge in [0.2, 0.25) is 0 Å². The van der Waals surface area contributed by atoms with Gasteiger partial charge in [0.05, 0.1) is 26.2 Å². The Labute approximate surface area is 150 Å². The van der Waals surface area contributed by atoms with Crippen LogP contribution in [-0.2, 0) is 16.1 Å². The van der Waals surface area contributed by atoms with Gasteiger partial charge >= 0.3 is 5.97 Å². The first kappa shape index (κ1) is 19.1. The molecule has 1 fully saturated rings. The summed E-state index contributed by atoms with van der Waals surface area (Å²) < 4.78 is 10.3. The number of nitrogens with one attached hydrogen (secondary N) is 1. The Balaban J connectivity index is 1.94. The van der Waals surface area contributed by atoms with E-state index in [1.807, 2.05) is 31.2 Å². The van der Waals surface area contributed by atoms with Crippen LogP contribution in [0.2, 0.25) is 0 Å². The molecule has 0 amide bonds. The van der Waals surface area contributed by atoms with E-state index in [2.05, 4.69) is 17.1 Å². The summed E-state index contributed by atoms with van der Waals surface area (Å²) in [6.07, 6.45) is 1.62. The maximum Gasteiger partial charge on any atom is 0.309 e. The van der Waals surface area contributed by atoms with E-state index in [0.717, 1.165) is 49.7 Å². The van der Waals surface area contributed by atoms with Crippen LogP contribution in [0.25, 0.3) is 0 Å². The minimum Gasteiger partial charge on any atom is -0.497 e. The van der Waals surface area contributed by atoms with Crippen LogP contribution in [0, 0.1) is 5.92 Å². The molecule has 0 bridgehead atoms. The summed E-state index contributed by atoms with van der Waals surface area (Å²) in [6, 6.07) is 7.95. The molecule has 1 aliphatic heterocycles. The number of ether oxygens (including phenoxy) is 2. The molecule has 0 unspecified atom stereocenters. The van der Waals surface area contributed by atoms with Crippen molar-refractivity contribution in [2.24, 2.45) is 10.9 Å². The first-order chi connectivity index (χ1) is 12.2. The van der Waals surface area contributed by atoms with Gasteiger partial charge in [0.1, 0.15) is 5.75 Å². The highest BCUT2D eigenvalue weighted by molar-refractivity contribution is 5.80. The summed E-state index contributed by atoms with van der Waals surface area (Å²) in [7, 11) is 1.66. The minimum absolute atomic E-state index is 0.0145. The van der Waals surface area contributed by atoms with Crippen molar-refractivity contribution in [3.8, 4) is 5.75 Å². The van der Waals surface area contributed by atoms with Crippen molar-refractivity contribution >= 4 is 11.9 Å². The molecule has 1 saturated heterocycles. The number of rotatable bonds is 6. The fourth-order valence-electron chi connectivity index (χ4n) is 2.91. The number of benzene rings is 1. The number of piperidine rings is 1. The van der Waals surface area contributed by atoms with Gasteiger partial charge in [-0.1, -0.05) is 12.1 Å². The molecule has 0 aliphatic carbocycles. The van der Waals surface area contributed by atoms with E-state index in [0.29, 0.717) is 13.2 Å². The topological polar surface area (TPSA) is 63.2 Å². The van der Waals surface area contributed by atoms with E-state index in [4.69, 9.17) is 14.5 Å². The Morgan fingerprint density at radius 1 is 1.24 bits per heavy atom. The normalized spacial score (nSPS) is 15.8. The lowest BCUT2D eigenvalue weighted by atomic mass is 9.97. The molecule has 1 aliphatic rings. The summed E-state index contributed by atoms with van der Waals surface area (Å²) in [5.74, 6) is 1.70. The van der Waals surface area contributed by atoms with Crippen molar-refractivity contribution < 1.29 is 14.3 Å².